The third-order valence-corrected chi connectivity index (χ3v) is 3.22. The van der Waals surface area contributed by atoms with Gasteiger partial charge >= 0.3 is 0 Å². The van der Waals surface area contributed by atoms with E-state index in [0.29, 0.717) is 17.7 Å². The Balaban J connectivity index is 1.83. The molecular weight excluding hydrogens is 280 g/mol. The van der Waals surface area contributed by atoms with E-state index in [0.717, 1.165) is 11.3 Å². The molecule has 7 nitrogen and oxygen atoms in total. The molecule has 0 fully saturated rings. The summed E-state index contributed by atoms with van der Waals surface area (Å²) in [5.41, 5.74) is 8.61. The summed E-state index contributed by atoms with van der Waals surface area (Å²) in [5.74, 6) is -0.321. The first kappa shape index (κ1) is 13.9. The maximum Gasteiger partial charge on any atom is 0.274 e. The van der Waals surface area contributed by atoms with E-state index in [4.69, 9.17) is 5.73 Å². The lowest BCUT2D eigenvalue weighted by molar-refractivity contribution is 0.0946. The van der Waals surface area contributed by atoms with Crippen LogP contribution in [-0.4, -0.2) is 25.8 Å². The highest BCUT2D eigenvalue weighted by atomic mass is 16.1. The summed E-state index contributed by atoms with van der Waals surface area (Å²) in [5, 5.41) is 2.75. The Hall–Kier alpha value is -3.09. The Morgan fingerprint density at radius 3 is 2.77 bits per heavy atom. The minimum atomic E-state index is -0.400. The zero-order chi connectivity index (χ0) is 15.5. The quantitative estimate of drug-likeness (QED) is 0.752. The Bertz CT molecular complexity index is 848. The second-order valence-corrected chi connectivity index (χ2v) is 4.75. The number of carbonyl (C=O) groups excluding carboxylic acids is 1. The van der Waals surface area contributed by atoms with Gasteiger partial charge in [-0.2, -0.15) is 0 Å². The van der Waals surface area contributed by atoms with Gasteiger partial charge in [0.05, 0.1) is 12.2 Å². The van der Waals surface area contributed by atoms with Gasteiger partial charge in [-0.25, -0.2) is 15.0 Å². The van der Waals surface area contributed by atoms with Crippen LogP contribution in [0.15, 0.2) is 36.7 Å². The molecule has 0 atom stereocenters. The Morgan fingerprint density at radius 1 is 1.18 bits per heavy atom. The van der Waals surface area contributed by atoms with Crippen LogP contribution in [0, 0.1) is 6.92 Å². The van der Waals surface area contributed by atoms with E-state index in [-0.39, 0.29) is 11.5 Å². The van der Waals surface area contributed by atoms with Crippen molar-refractivity contribution in [2.45, 2.75) is 13.5 Å². The van der Waals surface area contributed by atoms with Crippen molar-refractivity contribution in [1.82, 2.24) is 25.3 Å². The number of fused-ring (bicyclic) bond motifs is 1. The van der Waals surface area contributed by atoms with Gasteiger partial charge in [0, 0.05) is 12.4 Å². The number of nitrogens with zero attached hydrogens (tertiary/aromatic N) is 4. The van der Waals surface area contributed by atoms with Crippen LogP contribution < -0.4 is 11.1 Å². The molecule has 3 heterocycles. The average molecular weight is 294 g/mol. The van der Waals surface area contributed by atoms with Crippen LogP contribution in [0.3, 0.4) is 0 Å². The van der Waals surface area contributed by atoms with E-state index >= 15 is 0 Å². The molecule has 0 saturated carbocycles. The zero-order valence-electron chi connectivity index (χ0n) is 11.9. The number of hydrogen-bond acceptors (Lipinski definition) is 6. The smallest absolute Gasteiger partial charge is 0.274 e. The van der Waals surface area contributed by atoms with Gasteiger partial charge in [0.2, 0.25) is 0 Å². The van der Waals surface area contributed by atoms with Crippen LogP contribution in [0.2, 0.25) is 0 Å². The molecule has 3 aromatic heterocycles. The summed E-state index contributed by atoms with van der Waals surface area (Å²) < 4.78 is 0. The lowest BCUT2D eigenvalue weighted by Gasteiger charge is -2.08. The van der Waals surface area contributed by atoms with E-state index in [9.17, 15) is 4.79 Å². The molecule has 7 heteroatoms. The summed E-state index contributed by atoms with van der Waals surface area (Å²) in [6.45, 7) is 2.23. The van der Waals surface area contributed by atoms with Crippen molar-refractivity contribution in [2.24, 2.45) is 0 Å². The Morgan fingerprint density at radius 2 is 1.95 bits per heavy atom. The molecule has 0 bridgehead atoms. The number of pyridine rings is 2. The van der Waals surface area contributed by atoms with Gasteiger partial charge in [0.25, 0.3) is 5.91 Å². The second-order valence-electron chi connectivity index (χ2n) is 4.75. The van der Waals surface area contributed by atoms with Gasteiger partial charge in [-0.1, -0.05) is 6.07 Å². The predicted molar refractivity (Wildman–Crippen MR) is 81.9 cm³/mol. The molecule has 0 unspecified atom stereocenters. The molecule has 0 aromatic carbocycles. The number of carbonyl (C=O) groups is 1. The van der Waals surface area contributed by atoms with Gasteiger partial charge in [-0.05, 0) is 30.7 Å². The summed E-state index contributed by atoms with van der Waals surface area (Å²) in [7, 11) is 0. The van der Waals surface area contributed by atoms with E-state index in [2.05, 4.69) is 25.3 Å². The second kappa shape index (κ2) is 5.72. The third kappa shape index (κ3) is 2.69. The van der Waals surface area contributed by atoms with Crippen LogP contribution in [0.25, 0.3) is 11.2 Å². The first-order chi connectivity index (χ1) is 10.6. The fraction of sp³-hybridized carbons (Fsp3) is 0.133. The first-order valence-electron chi connectivity index (χ1n) is 6.72. The number of aryl methyl sites for hydroxylation is 1. The lowest BCUT2D eigenvalue weighted by atomic mass is 10.2. The van der Waals surface area contributed by atoms with Crippen LogP contribution >= 0.6 is 0 Å². The van der Waals surface area contributed by atoms with E-state index in [1.54, 1.807) is 24.5 Å². The topological polar surface area (TPSA) is 107 Å². The van der Waals surface area contributed by atoms with Crippen molar-refractivity contribution in [2.75, 3.05) is 5.73 Å². The molecule has 0 aliphatic heterocycles. The van der Waals surface area contributed by atoms with Crippen LogP contribution in [0.1, 0.15) is 21.7 Å². The molecule has 3 N–H and O–H groups in total. The number of nitrogens with one attached hydrogen (secondary N) is 1. The van der Waals surface area contributed by atoms with Gasteiger partial charge in [0.1, 0.15) is 5.52 Å². The third-order valence-electron chi connectivity index (χ3n) is 3.22. The highest BCUT2D eigenvalue weighted by Gasteiger charge is 2.15. The molecule has 0 saturated heterocycles. The average Bonchev–Trinajstić information content (AvgIpc) is 2.53. The van der Waals surface area contributed by atoms with Crippen molar-refractivity contribution >= 4 is 22.9 Å². The highest BCUT2D eigenvalue weighted by molar-refractivity contribution is 5.97. The molecule has 0 radical (unpaired) electrons. The van der Waals surface area contributed by atoms with Crippen LogP contribution in [0.5, 0.6) is 0 Å². The summed E-state index contributed by atoms with van der Waals surface area (Å²) in [6.07, 6.45) is 3.27. The maximum atomic E-state index is 12.2. The number of amides is 1. The Kier molecular flexibility index (Phi) is 3.61. The van der Waals surface area contributed by atoms with Gasteiger partial charge < -0.3 is 11.1 Å². The number of anilines is 1. The molecule has 22 heavy (non-hydrogen) atoms. The molecule has 0 aliphatic carbocycles. The van der Waals surface area contributed by atoms with E-state index in [1.165, 1.54) is 0 Å². The number of rotatable bonds is 3. The van der Waals surface area contributed by atoms with Gasteiger partial charge in [0.15, 0.2) is 17.2 Å². The van der Waals surface area contributed by atoms with E-state index < -0.39 is 5.91 Å². The van der Waals surface area contributed by atoms with Gasteiger partial charge in [-0.15, -0.1) is 0 Å². The van der Waals surface area contributed by atoms with Crippen molar-refractivity contribution in [3.63, 3.8) is 0 Å². The minimum absolute atomic E-state index is 0.0692. The number of aromatic nitrogens is 4. The normalized spacial score (nSPS) is 10.6. The molecule has 0 spiro atoms. The fourth-order valence-electron chi connectivity index (χ4n) is 2.03. The fourth-order valence-corrected chi connectivity index (χ4v) is 2.03. The molecule has 3 aromatic rings. The lowest BCUT2D eigenvalue weighted by Crippen LogP contribution is -2.26. The first-order valence-corrected chi connectivity index (χ1v) is 6.72. The summed E-state index contributed by atoms with van der Waals surface area (Å²) >= 11 is 0. The molecule has 0 aliphatic rings. The van der Waals surface area contributed by atoms with Crippen molar-refractivity contribution in [1.29, 1.82) is 0 Å². The van der Waals surface area contributed by atoms with Crippen LogP contribution in [-0.2, 0) is 6.54 Å². The van der Waals surface area contributed by atoms with Crippen LogP contribution in [0.4, 0.5) is 5.82 Å². The number of nitrogen functional groups attached to an aromatic ring is 1. The zero-order valence-corrected chi connectivity index (χ0v) is 11.9. The predicted octanol–water partition coefficient (Wildman–Crippen LogP) is 1.24. The summed E-state index contributed by atoms with van der Waals surface area (Å²) in [4.78, 5) is 28.9. The van der Waals surface area contributed by atoms with E-state index in [1.807, 2.05) is 19.1 Å². The number of nitrogens with two attached hydrogens (primary N) is 1. The highest BCUT2D eigenvalue weighted by Crippen LogP contribution is 2.12. The summed E-state index contributed by atoms with van der Waals surface area (Å²) in [6, 6.07) is 7.26. The molecule has 1 amide bonds. The minimum Gasteiger partial charge on any atom is -0.382 e. The standard InChI is InChI=1S/C15H14N6O/c1-9-4-2-6-17-11(9)8-19-15(22)12-13(16)20-10-5-3-7-18-14(10)21-12/h2-7H,8H2,1H3,(H2,16,20)(H,19,22). The SMILES string of the molecule is Cc1cccnc1CNC(=O)c1nc2ncccc2nc1N. The maximum absolute atomic E-state index is 12.2. The van der Waals surface area contributed by atoms with Gasteiger partial charge in [-0.3, -0.25) is 9.78 Å². The Labute approximate surface area is 126 Å². The largest absolute Gasteiger partial charge is 0.382 e. The number of hydrogen-bond donors (Lipinski definition) is 2. The molecule has 110 valence electrons. The van der Waals surface area contributed by atoms with Crippen molar-refractivity contribution in [3.8, 4) is 0 Å². The monoisotopic (exact) mass is 294 g/mol. The van der Waals surface area contributed by atoms with Crippen molar-refractivity contribution < 1.29 is 4.79 Å². The molecule has 3 rings (SSSR count). The van der Waals surface area contributed by atoms with Crippen molar-refractivity contribution in [3.05, 3.63) is 53.6 Å². The molecular formula is C15H14N6O.